The summed E-state index contributed by atoms with van der Waals surface area (Å²) < 4.78 is 0. The molecule has 0 aromatic carbocycles. The molecule has 3 heteroatoms. The Hall–Kier alpha value is -0.570. The lowest BCUT2D eigenvalue weighted by atomic mass is 10.1. The zero-order valence-electron chi connectivity index (χ0n) is 6.22. The van der Waals surface area contributed by atoms with Crippen LogP contribution >= 0.6 is 0 Å². The number of rotatable bonds is 2. The molecule has 0 heterocycles. The molecule has 0 aliphatic carbocycles. The highest BCUT2D eigenvalue weighted by atomic mass is 16.2. The molecule has 9 heavy (non-hydrogen) atoms. The summed E-state index contributed by atoms with van der Waals surface area (Å²) in [6, 6.07) is 0. The van der Waals surface area contributed by atoms with E-state index < -0.39 is 0 Å². The summed E-state index contributed by atoms with van der Waals surface area (Å²) in [6.45, 7) is 3.83. The van der Waals surface area contributed by atoms with E-state index in [1.54, 1.807) is 7.05 Å². The third-order valence-corrected chi connectivity index (χ3v) is 1.38. The standard InChI is InChI=1S/C6H14N2O/c1-4-5(2)6(9)8(3)7/h5H,4,7H2,1-3H3. The summed E-state index contributed by atoms with van der Waals surface area (Å²) in [4.78, 5) is 10.9. The second kappa shape index (κ2) is 3.45. The summed E-state index contributed by atoms with van der Waals surface area (Å²) in [5.41, 5.74) is 0. The van der Waals surface area contributed by atoms with E-state index in [-0.39, 0.29) is 11.8 Å². The highest BCUT2D eigenvalue weighted by Crippen LogP contribution is 2.01. The third-order valence-electron chi connectivity index (χ3n) is 1.38. The van der Waals surface area contributed by atoms with E-state index in [1.165, 1.54) is 0 Å². The van der Waals surface area contributed by atoms with Crippen molar-refractivity contribution in [1.82, 2.24) is 5.01 Å². The van der Waals surface area contributed by atoms with Crippen LogP contribution < -0.4 is 5.84 Å². The maximum absolute atomic E-state index is 10.9. The molecule has 0 rings (SSSR count). The predicted octanol–water partition coefficient (Wildman–Crippen LogP) is 0.365. The van der Waals surface area contributed by atoms with Gasteiger partial charge in [0, 0.05) is 13.0 Å². The maximum atomic E-state index is 10.9. The number of hydrogen-bond acceptors (Lipinski definition) is 2. The monoisotopic (exact) mass is 130 g/mol. The van der Waals surface area contributed by atoms with E-state index in [0.29, 0.717) is 0 Å². The van der Waals surface area contributed by atoms with Crippen molar-refractivity contribution in [3.63, 3.8) is 0 Å². The molecular weight excluding hydrogens is 116 g/mol. The minimum absolute atomic E-state index is 0.00231. The highest BCUT2D eigenvalue weighted by molar-refractivity contribution is 5.77. The smallest absolute Gasteiger partial charge is 0.239 e. The summed E-state index contributed by atoms with van der Waals surface area (Å²) in [5, 5.41) is 1.13. The van der Waals surface area contributed by atoms with Crippen LogP contribution in [-0.4, -0.2) is 18.0 Å². The number of nitrogens with zero attached hydrogens (tertiary/aromatic N) is 1. The Bertz CT molecular complexity index is 101. The summed E-state index contributed by atoms with van der Waals surface area (Å²) in [6.07, 6.45) is 0.848. The average Bonchev–Trinajstić information content (AvgIpc) is 1.84. The van der Waals surface area contributed by atoms with Crippen LogP contribution in [0.3, 0.4) is 0 Å². The van der Waals surface area contributed by atoms with Gasteiger partial charge in [-0.3, -0.25) is 9.80 Å². The van der Waals surface area contributed by atoms with E-state index in [4.69, 9.17) is 5.84 Å². The van der Waals surface area contributed by atoms with Crippen LogP contribution in [0.5, 0.6) is 0 Å². The largest absolute Gasteiger partial charge is 0.284 e. The van der Waals surface area contributed by atoms with Gasteiger partial charge in [-0.15, -0.1) is 0 Å². The molecule has 2 N–H and O–H groups in total. The molecule has 1 unspecified atom stereocenters. The first-order chi connectivity index (χ1) is 4.09. The van der Waals surface area contributed by atoms with Crippen LogP contribution in [0.25, 0.3) is 0 Å². The van der Waals surface area contributed by atoms with E-state index >= 15 is 0 Å². The van der Waals surface area contributed by atoms with Gasteiger partial charge in [0.2, 0.25) is 5.91 Å². The van der Waals surface area contributed by atoms with Gasteiger partial charge in [-0.2, -0.15) is 0 Å². The first-order valence-corrected chi connectivity index (χ1v) is 3.11. The Morgan fingerprint density at radius 2 is 2.22 bits per heavy atom. The zero-order chi connectivity index (χ0) is 7.44. The molecule has 0 saturated carbocycles. The summed E-state index contributed by atoms with van der Waals surface area (Å²) in [5.74, 6) is 5.25. The van der Waals surface area contributed by atoms with Crippen molar-refractivity contribution in [3.05, 3.63) is 0 Å². The van der Waals surface area contributed by atoms with Crippen LogP contribution in [0.4, 0.5) is 0 Å². The Balaban J connectivity index is 3.73. The van der Waals surface area contributed by atoms with Gasteiger partial charge in [0.1, 0.15) is 0 Å². The van der Waals surface area contributed by atoms with Crippen LogP contribution in [-0.2, 0) is 4.79 Å². The molecule has 0 spiro atoms. The van der Waals surface area contributed by atoms with Gasteiger partial charge in [0.15, 0.2) is 0 Å². The van der Waals surface area contributed by atoms with Gasteiger partial charge in [0.05, 0.1) is 0 Å². The van der Waals surface area contributed by atoms with Crippen molar-refractivity contribution in [2.24, 2.45) is 11.8 Å². The Morgan fingerprint density at radius 3 is 2.33 bits per heavy atom. The minimum atomic E-state index is -0.00231. The second-order valence-electron chi connectivity index (χ2n) is 2.26. The van der Waals surface area contributed by atoms with Crippen LogP contribution in [0.1, 0.15) is 20.3 Å². The van der Waals surface area contributed by atoms with E-state index in [2.05, 4.69) is 0 Å². The van der Waals surface area contributed by atoms with Crippen molar-refractivity contribution >= 4 is 5.91 Å². The molecule has 0 radical (unpaired) electrons. The van der Waals surface area contributed by atoms with Crippen LogP contribution in [0.2, 0.25) is 0 Å². The molecule has 0 fully saturated rings. The first kappa shape index (κ1) is 8.43. The number of amides is 1. The normalized spacial score (nSPS) is 12.9. The van der Waals surface area contributed by atoms with Gasteiger partial charge < -0.3 is 0 Å². The van der Waals surface area contributed by atoms with Gasteiger partial charge in [0.25, 0.3) is 0 Å². The lowest BCUT2D eigenvalue weighted by Gasteiger charge is -2.13. The highest BCUT2D eigenvalue weighted by Gasteiger charge is 2.11. The quantitative estimate of drug-likeness (QED) is 0.333. The fourth-order valence-corrected chi connectivity index (χ4v) is 0.522. The third kappa shape index (κ3) is 2.46. The molecule has 1 amide bonds. The molecule has 3 nitrogen and oxygen atoms in total. The summed E-state index contributed by atoms with van der Waals surface area (Å²) >= 11 is 0. The molecule has 0 aromatic heterocycles. The van der Waals surface area contributed by atoms with E-state index in [1.807, 2.05) is 13.8 Å². The van der Waals surface area contributed by atoms with Crippen LogP contribution in [0.15, 0.2) is 0 Å². The van der Waals surface area contributed by atoms with Gasteiger partial charge in [-0.05, 0) is 6.42 Å². The molecule has 0 bridgehead atoms. The van der Waals surface area contributed by atoms with E-state index in [9.17, 15) is 4.79 Å². The molecule has 0 aromatic rings. The van der Waals surface area contributed by atoms with E-state index in [0.717, 1.165) is 11.4 Å². The van der Waals surface area contributed by atoms with Crippen molar-refractivity contribution in [2.75, 3.05) is 7.05 Å². The maximum Gasteiger partial charge on any atom is 0.239 e. The zero-order valence-corrected chi connectivity index (χ0v) is 6.22. The Kier molecular flexibility index (Phi) is 3.24. The first-order valence-electron chi connectivity index (χ1n) is 3.11. The van der Waals surface area contributed by atoms with Crippen molar-refractivity contribution in [1.29, 1.82) is 0 Å². The lowest BCUT2D eigenvalue weighted by molar-refractivity contribution is -0.133. The summed E-state index contributed by atoms with van der Waals surface area (Å²) in [7, 11) is 1.56. The fourth-order valence-electron chi connectivity index (χ4n) is 0.522. The van der Waals surface area contributed by atoms with Crippen molar-refractivity contribution < 1.29 is 4.79 Å². The average molecular weight is 130 g/mol. The molecule has 0 aliphatic heterocycles. The Morgan fingerprint density at radius 1 is 1.78 bits per heavy atom. The minimum Gasteiger partial charge on any atom is -0.284 e. The Labute approximate surface area is 55.8 Å². The molecule has 1 atom stereocenters. The SMILES string of the molecule is CCC(C)C(=O)N(C)N. The number of nitrogens with two attached hydrogens (primary N) is 1. The number of carbonyl (C=O) groups is 1. The second-order valence-corrected chi connectivity index (χ2v) is 2.26. The molecule has 54 valence electrons. The fraction of sp³-hybridized carbons (Fsp3) is 0.833. The van der Waals surface area contributed by atoms with Crippen LogP contribution in [0, 0.1) is 5.92 Å². The molecular formula is C6H14N2O. The molecule has 0 aliphatic rings. The van der Waals surface area contributed by atoms with Crippen molar-refractivity contribution in [3.8, 4) is 0 Å². The lowest BCUT2D eigenvalue weighted by Crippen LogP contribution is -2.36. The van der Waals surface area contributed by atoms with Gasteiger partial charge in [-0.1, -0.05) is 13.8 Å². The predicted molar refractivity (Wildman–Crippen MR) is 36.4 cm³/mol. The number of hydrogen-bond donors (Lipinski definition) is 1. The van der Waals surface area contributed by atoms with Gasteiger partial charge >= 0.3 is 0 Å². The molecule has 0 saturated heterocycles. The topological polar surface area (TPSA) is 46.3 Å². The number of carbonyl (C=O) groups excluding carboxylic acids is 1. The van der Waals surface area contributed by atoms with Gasteiger partial charge in [-0.25, -0.2) is 5.84 Å². The van der Waals surface area contributed by atoms with Crippen molar-refractivity contribution in [2.45, 2.75) is 20.3 Å². The number of hydrazine groups is 1.